The number of thiophene rings is 1. The van der Waals surface area contributed by atoms with Gasteiger partial charge in [-0.3, -0.25) is 4.90 Å². The summed E-state index contributed by atoms with van der Waals surface area (Å²) in [4.78, 5) is 3.73. The highest BCUT2D eigenvalue weighted by Gasteiger charge is 2.13. The van der Waals surface area contributed by atoms with Gasteiger partial charge in [0.05, 0.1) is 6.61 Å². The summed E-state index contributed by atoms with van der Waals surface area (Å²) >= 11 is 1.82. The van der Waals surface area contributed by atoms with E-state index in [0.29, 0.717) is 6.54 Å². The van der Waals surface area contributed by atoms with Gasteiger partial charge in [0.25, 0.3) is 0 Å². The smallest absolute Gasteiger partial charge is 0.0593 e. The molecule has 0 amide bonds. The van der Waals surface area contributed by atoms with Crippen molar-refractivity contribution in [2.45, 2.75) is 26.9 Å². The van der Waals surface area contributed by atoms with E-state index in [1.54, 1.807) is 0 Å². The third-order valence-electron chi connectivity index (χ3n) is 3.55. The molecule has 0 saturated heterocycles. The van der Waals surface area contributed by atoms with E-state index in [1.165, 1.54) is 20.5 Å². The highest BCUT2D eigenvalue weighted by atomic mass is 32.1. The molecule has 0 aliphatic carbocycles. The van der Waals surface area contributed by atoms with E-state index >= 15 is 0 Å². The Hall–Kier alpha value is -0.940. The number of nitrogens with zero attached hydrogens (tertiary/aromatic N) is 1. The SMILES string of the molecule is CCOCCN(CC)Cc1c(CN)sc2ccccc12. The van der Waals surface area contributed by atoms with Crippen LogP contribution in [0.2, 0.25) is 0 Å². The summed E-state index contributed by atoms with van der Waals surface area (Å²) < 4.78 is 6.80. The van der Waals surface area contributed by atoms with Crippen LogP contribution in [0, 0.1) is 0 Å². The van der Waals surface area contributed by atoms with Gasteiger partial charge >= 0.3 is 0 Å². The summed E-state index contributed by atoms with van der Waals surface area (Å²) in [6.45, 7) is 9.40. The summed E-state index contributed by atoms with van der Waals surface area (Å²) in [5, 5.41) is 1.35. The second kappa shape index (κ2) is 7.74. The molecule has 2 N–H and O–H groups in total. The first-order valence-corrected chi connectivity index (χ1v) is 8.11. The van der Waals surface area contributed by atoms with Crippen LogP contribution < -0.4 is 5.73 Å². The number of hydrogen-bond donors (Lipinski definition) is 1. The third-order valence-corrected chi connectivity index (χ3v) is 4.79. The third kappa shape index (κ3) is 3.58. The fourth-order valence-electron chi connectivity index (χ4n) is 2.40. The van der Waals surface area contributed by atoms with Crippen molar-refractivity contribution in [2.75, 3.05) is 26.3 Å². The lowest BCUT2D eigenvalue weighted by Crippen LogP contribution is -2.27. The number of nitrogens with two attached hydrogens (primary N) is 1. The number of likely N-dealkylation sites (N-methyl/N-ethyl adjacent to an activating group) is 1. The van der Waals surface area contributed by atoms with E-state index in [2.05, 4.69) is 36.1 Å². The number of ether oxygens (including phenoxy) is 1. The number of rotatable bonds is 8. The molecule has 0 unspecified atom stereocenters. The maximum Gasteiger partial charge on any atom is 0.0593 e. The minimum absolute atomic E-state index is 0.623. The van der Waals surface area contributed by atoms with Crippen molar-refractivity contribution in [1.82, 2.24) is 4.90 Å². The van der Waals surface area contributed by atoms with Gasteiger partial charge in [0.1, 0.15) is 0 Å². The molecule has 0 aliphatic rings. The second-order valence-corrected chi connectivity index (χ2v) is 5.91. The van der Waals surface area contributed by atoms with Crippen LogP contribution in [0.4, 0.5) is 0 Å². The molecular formula is C16H24N2OS. The standard InChI is InChI=1S/C16H24N2OS/c1-3-18(9-10-19-4-2)12-14-13-7-5-6-8-15(13)20-16(14)11-17/h5-8H,3-4,9-12,17H2,1-2H3. The van der Waals surface area contributed by atoms with Crippen molar-refractivity contribution in [3.05, 3.63) is 34.7 Å². The molecule has 2 aromatic rings. The molecule has 0 bridgehead atoms. The molecule has 0 radical (unpaired) electrons. The highest BCUT2D eigenvalue weighted by Crippen LogP contribution is 2.31. The van der Waals surface area contributed by atoms with Gasteiger partial charge in [-0.15, -0.1) is 11.3 Å². The number of hydrogen-bond acceptors (Lipinski definition) is 4. The van der Waals surface area contributed by atoms with E-state index < -0.39 is 0 Å². The quantitative estimate of drug-likeness (QED) is 0.759. The number of benzene rings is 1. The molecule has 0 spiro atoms. The Kier molecular flexibility index (Phi) is 5.98. The van der Waals surface area contributed by atoms with E-state index in [1.807, 2.05) is 18.3 Å². The average Bonchev–Trinajstić information content (AvgIpc) is 2.84. The zero-order chi connectivity index (χ0) is 14.4. The largest absolute Gasteiger partial charge is 0.380 e. The van der Waals surface area contributed by atoms with Crippen LogP contribution in [0.25, 0.3) is 10.1 Å². The minimum Gasteiger partial charge on any atom is -0.380 e. The Bertz CT molecular complexity index is 538. The molecule has 2 rings (SSSR count). The summed E-state index contributed by atoms with van der Waals surface area (Å²) in [6.07, 6.45) is 0. The van der Waals surface area contributed by atoms with E-state index in [4.69, 9.17) is 10.5 Å². The maximum absolute atomic E-state index is 5.92. The Morgan fingerprint density at radius 2 is 2.05 bits per heavy atom. The maximum atomic E-state index is 5.92. The Balaban J connectivity index is 2.18. The molecule has 0 atom stereocenters. The van der Waals surface area contributed by atoms with Crippen molar-refractivity contribution in [2.24, 2.45) is 5.73 Å². The molecule has 0 saturated carbocycles. The predicted octanol–water partition coefficient (Wildman–Crippen LogP) is 3.22. The van der Waals surface area contributed by atoms with Crippen molar-refractivity contribution in [1.29, 1.82) is 0 Å². The molecule has 1 heterocycles. The van der Waals surface area contributed by atoms with Crippen LogP contribution >= 0.6 is 11.3 Å². The van der Waals surface area contributed by atoms with Gasteiger partial charge in [-0.25, -0.2) is 0 Å². The molecule has 0 fully saturated rings. The van der Waals surface area contributed by atoms with Crippen molar-refractivity contribution in [3.63, 3.8) is 0 Å². The summed E-state index contributed by atoms with van der Waals surface area (Å²) in [6, 6.07) is 8.58. The zero-order valence-corrected chi connectivity index (χ0v) is 13.2. The second-order valence-electron chi connectivity index (χ2n) is 4.77. The van der Waals surface area contributed by atoms with Gasteiger partial charge in [0, 0.05) is 35.8 Å². The van der Waals surface area contributed by atoms with Crippen molar-refractivity contribution in [3.8, 4) is 0 Å². The average molecular weight is 292 g/mol. The predicted molar refractivity (Wildman–Crippen MR) is 87.2 cm³/mol. The van der Waals surface area contributed by atoms with E-state index in [9.17, 15) is 0 Å². The minimum atomic E-state index is 0.623. The first-order valence-electron chi connectivity index (χ1n) is 7.29. The van der Waals surface area contributed by atoms with Crippen LogP contribution in [-0.2, 0) is 17.8 Å². The first-order chi connectivity index (χ1) is 9.80. The fourth-order valence-corrected chi connectivity index (χ4v) is 3.49. The Morgan fingerprint density at radius 1 is 1.25 bits per heavy atom. The summed E-state index contributed by atoms with van der Waals surface area (Å²) in [7, 11) is 0. The van der Waals surface area contributed by atoms with Gasteiger partial charge in [0.15, 0.2) is 0 Å². The summed E-state index contributed by atoms with van der Waals surface area (Å²) in [5.41, 5.74) is 7.32. The van der Waals surface area contributed by atoms with Gasteiger partial charge in [-0.05, 0) is 30.5 Å². The summed E-state index contributed by atoms with van der Waals surface area (Å²) in [5.74, 6) is 0. The molecule has 110 valence electrons. The van der Waals surface area contributed by atoms with E-state index in [-0.39, 0.29) is 0 Å². The fraction of sp³-hybridized carbons (Fsp3) is 0.500. The van der Waals surface area contributed by atoms with Crippen LogP contribution in [0.5, 0.6) is 0 Å². The lowest BCUT2D eigenvalue weighted by molar-refractivity contribution is 0.113. The van der Waals surface area contributed by atoms with Gasteiger partial charge in [-0.2, -0.15) is 0 Å². The Morgan fingerprint density at radius 3 is 2.75 bits per heavy atom. The topological polar surface area (TPSA) is 38.5 Å². The van der Waals surface area contributed by atoms with Crippen LogP contribution in [-0.4, -0.2) is 31.2 Å². The van der Waals surface area contributed by atoms with Crippen LogP contribution in [0.15, 0.2) is 24.3 Å². The van der Waals surface area contributed by atoms with E-state index in [0.717, 1.165) is 32.8 Å². The van der Waals surface area contributed by atoms with Gasteiger partial charge < -0.3 is 10.5 Å². The monoisotopic (exact) mass is 292 g/mol. The molecule has 1 aromatic carbocycles. The van der Waals surface area contributed by atoms with Gasteiger partial charge in [-0.1, -0.05) is 25.1 Å². The van der Waals surface area contributed by atoms with Crippen molar-refractivity contribution >= 4 is 21.4 Å². The molecule has 4 heteroatoms. The van der Waals surface area contributed by atoms with Crippen LogP contribution in [0.1, 0.15) is 24.3 Å². The normalized spacial score (nSPS) is 11.6. The lowest BCUT2D eigenvalue weighted by atomic mass is 10.1. The zero-order valence-electron chi connectivity index (χ0n) is 12.4. The molecule has 1 aromatic heterocycles. The highest BCUT2D eigenvalue weighted by molar-refractivity contribution is 7.19. The molecule has 0 aliphatic heterocycles. The molecule has 3 nitrogen and oxygen atoms in total. The van der Waals surface area contributed by atoms with Crippen LogP contribution in [0.3, 0.4) is 0 Å². The van der Waals surface area contributed by atoms with Gasteiger partial charge in [0.2, 0.25) is 0 Å². The molecule has 20 heavy (non-hydrogen) atoms. The van der Waals surface area contributed by atoms with Crippen molar-refractivity contribution < 1.29 is 4.74 Å². The first kappa shape index (κ1) is 15.4. The number of fused-ring (bicyclic) bond motifs is 1. The lowest BCUT2D eigenvalue weighted by Gasteiger charge is -2.20. The molecular weight excluding hydrogens is 268 g/mol. The Labute approximate surface area is 125 Å².